The van der Waals surface area contributed by atoms with Crippen LogP contribution in [0.25, 0.3) is 10.2 Å². The van der Waals surface area contributed by atoms with Crippen molar-refractivity contribution in [1.82, 2.24) is 8.87 Å². The Morgan fingerprint density at radius 3 is 2.63 bits per heavy atom. The van der Waals surface area contributed by atoms with E-state index in [1.807, 2.05) is 24.6 Å². The Morgan fingerprint density at radius 2 is 1.93 bits per heavy atom. The van der Waals surface area contributed by atoms with Crippen LogP contribution < -0.4 is 4.80 Å². The lowest BCUT2D eigenvalue weighted by Crippen LogP contribution is -2.40. The third-order valence-electron chi connectivity index (χ3n) is 5.60. The fraction of sp³-hybridized carbons (Fsp3) is 0.364. The maximum Gasteiger partial charge on any atom is 0.266 e. The number of sulfonamides is 1. The number of aryl methyl sites for hydroxylation is 3. The molecule has 2 heterocycles. The Morgan fingerprint density at radius 1 is 1.20 bits per heavy atom. The van der Waals surface area contributed by atoms with Gasteiger partial charge in [0.05, 0.1) is 15.1 Å². The fourth-order valence-electron chi connectivity index (χ4n) is 3.79. The molecule has 1 atom stereocenters. The first-order valence-corrected chi connectivity index (χ1v) is 12.3. The number of nitrogens with zero attached hydrogens (tertiary/aromatic N) is 3. The number of hydrogen-bond donors (Lipinski definition) is 0. The lowest BCUT2D eigenvalue weighted by molar-refractivity contribution is -0.121. The van der Waals surface area contributed by atoms with E-state index in [4.69, 9.17) is 0 Å². The van der Waals surface area contributed by atoms with Gasteiger partial charge in [-0.15, -0.1) is 0 Å². The first kappa shape index (κ1) is 21.0. The van der Waals surface area contributed by atoms with E-state index in [0.717, 1.165) is 22.2 Å². The predicted molar refractivity (Wildman–Crippen MR) is 119 cm³/mol. The highest BCUT2D eigenvalue weighted by Crippen LogP contribution is 2.27. The van der Waals surface area contributed by atoms with Crippen LogP contribution in [0.5, 0.6) is 0 Å². The Hall–Kier alpha value is -2.29. The Kier molecular flexibility index (Phi) is 5.65. The molecule has 0 spiro atoms. The molecular weight excluding hydrogens is 418 g/mol. The maximum absolute atomic E-state index is 13.1. The van der Waals surface area contributed by atoms with E-state index in [-0.39, 0.29) is 4.90 Å². The number of carbonyl (C=O) groups excluding carboxylic acids is 1. The predicted octanol–water partition coefficient (Wildman–Crippen LogP) is 3.39. The summed E-state index contributed by atoms with van der Waals surface area (Å²) in [5, 5.41) is 0. The highest BCUT2D eigenvalue weighted by molar-refractivity contribution is 7.89. The van der Waals surface area contributed by atoms with E-state index in [0.29, 0.717) is 24.2 Å². The van der Waals surface area contributed by atoms with E-state index in [9.17, 15) is 13.2 Å². The zero-order chi connectivity index (χ0) is 21.5. The van der Waals surface area contributed by atoms with Crippen molar-refractivity contribution in [2.24, 2.45) is 12.0 Å². The van der Waals surface area contributed by atoms with Gasteiger partial charge in [-0.25, -0.2) is 8.42 Å². The number of aromatic nitrogens is 1. The van der Waals surface area contributed by atoms with Gasteiger partial charge in [0, 0.05) is 13.6 Å². The molecule has 0 aliphatic carbocycles. The highest BCUT2D eigenvalue weighted by atomic mass is 32.2. The van der Waals surface area contributed by atoms with Crippen molar-refractivity contribution in [2.45, 2.75) is 44.0 Å². The molecule has 1 unspecified atom stereocenters. The van der Waals surface area contributed by atoms with Gasteiger partial charge >= 0.3 is 0 Å². The number of benzene rings is 2. The molecule has 1 aromatic heterocycles. The van der Waals surface area contributed by atoms with E-state index in [1.54, 1.807) is 24.3 Å². The molecule has 6 nitrogen and oxygen atoms in total. The van der Waals surface area contributed by atoms with Crippen LogP contribution in [0, 0.1) is 6.92 Å². The van der Waals surface area contributed by atoms with E-state index >= 15 is 0 Å². The second kappa shape index (κ2) is 8.09. The summed E-state index contributed by atoms with van der Waals surface area (Å²) in [5.74, 6) is -0.402. The van der Waals surface area contributed by atoms with Crippen molar-refractivity contribution in [3.8, 4) is 0 Å². The van der Waals surface area contributed by atoms with Gasteiger partial charge in [0.2, 0.25) is 10.0 Å². The zero-order valence-electron chi connectivity index (χ0n) is 17.3. The van der Waals surface area contributed by atoms with Crippen molar-refractivity contribution >= 4 is 37.5 Å². The number of carbonyl (C=O) groups is 1. The number of thiazole rings is 1. The molecule has 158 valence electrons. The normalized spacial score (nSPS) is 18.4. The molecule has 1 aliphatic heterocycles. The molecule has 1 amide bonds. The quantitative estimate of drug-likeness (QED) is 0.621. The second-order valence-corrected chi connectivity index (χ2v) is 10.5. The van der Waals surface area contributed by atoms with Crippen LogP contribution in [0.3, 0.4) is 0 Å². The number of fused-ring (bicyclic) bond motifs is 1. The van der Waals surface area contributed by atoms with Crippen LogP contribution in [0.1, 0.15) is 30.9 Å². The van der Waals surface area contributed by atoms with Crippen molar-refractivity contribution in [3.63, 3.8) is 0 Å². The van der Waals surface area contributed by atoms with E-state index in [1.165, 1.54) is 21.2 Å². The van der Waals surface area contributed by atoms with Gasteiger partial charge in [-0.05, 0) is 56.0 Å². The Labute approximate surface area is 180 Å². The molecule has 0 N–H and O–H groups in total. The first-order valence-electron chi connectivity index (χ1n) is 10.1. The standard InChI is InChI=1S/C22H25N3O3S2/c1-4-16-9-12-18-20(14-16)29-22(24(18)3)23-21(26)19-6-5-13-25(19)30(27,28)17-10-7-15(2)8-11-17/h7-12,14,19H,4-6,13H2,1-3H3. The number of rotatable bonds is 4. The molecule has 0 bridgehead atoms. The molecule has 1 saturated heterocycles. The van der Waals surface area contributed by atoms with Gasteiger partial charge < -0.3 is 4.57 Å². The average molecular weight is 444 g/mol. The molecule has 0 radical (unpaired) electrons. The summed E-state index contributed by atoms with van der Waals surface area (Å²) in [4.78, 5) is 18.2. The number of amides is 1. The Bertz CT molecular complexity index is 1270. The molecule has 0 saturated carbocycles. The molecular formula is C22H25N3O3S2. The molecule has 8 heteroatoms. The fourth-order valence-corrected chi connectivity index (χ4v) is 6.53. The van der Waals surface area contributed by atoms with Crippen LogP contribution in [0.15, 0.2) is 52.4 Å². The average Bonchev–Trinajstić information content (AvgIpc) is 3.34. The van der Waals surface area contributed by atoms with Gasteiger partial charge in [0.25, 0.3) is 5.91 Å². The lowest BCUT2D eigenvalue weighted by Gasteiger charge is -2.21. The Balaban J connectivity index is 1.68. The van der Waals surface area contributed by atoms with Crippen molar-refractivity contribution < 1.29 is 13.2 Å². The summed E-state index contributed by atoms with van der Waals surface area (Å²) in [7, 11) is -1.86. The third kappa shape index (κ3) is 3.75. The molecule has 30 heavy (non-hydrogen) atoms. The summed E-state index contributed by atoms with van der Waals surface area (Å²) in [6, 6.07) is 12.2. The summed E-state index contributed by atoms with van der Waals surface area (Å²) < 4.78 is 30.5. The molecule has 2 aromatic carbocycles. The van der Waals surface area contributed by atoms with Crippen molar-refractivity contribution in [3.05, 3.63) is 58.4 Å². The minimum absolute atomic E-state index is 0.215. The molecule has 3 aromatic rings. The van der Waals surface area contributed by atoms with Gasteiger partial charge in [0.1, 0.15) is 6.04 Å². The summed E-state index contributed by atoms with van der Waals surface area (Å²) >= 11 is 1.45. The second-order valence-electron chi connectivity index (χ2n) is 7.64. The third-order valence-corrected chi connectivity index (χ3v) is 8.62. The summed E-state index contributed by atoms with van der Waals surface area (Å²) in [6.45, 7) is 4.35. The maximum atomic E-state index is 13.1. The summed E-state index contributed by atoms with van der Waals surface area (Å²) in [6.07, 6.45) is 2.08. The van der Waals surface area contributed by atoms with Gasteiger partial charge in [-0.2, -0.15) is 9.30 Å². The molecule has 1 fully saturated rings. The largest absolute Gasteiger partial charge is 0.319 e. The van der Waals surface area contributed by atoms with E-state index in [2.05, 4.69) is 24.0 Å². The highest BCUT2D eigenvalue weighted by Gasteiger charge is 2.39. The SMILES string of the molecule is CCc1ccc2c(c1)sc(=NC(=O)C1CCCN1S(=O)(=O)c1ccc(C)cc1)n2C. The zero-order valence-corrected chi connectivity index (χ0v) is 19.0. The minimum Gasteiger partial charge on any atom is -0.319 e. The van der Waals surface area contributed by atoms with E-state index < -0.39 is 22.0 Å². The number of hydrogen-bond acceptors (Lipinski definition) is 4. The minimum atomic E-state index is -3.74. The summed E-state index contributed by atoms with van der Waals surface area (Å²) in [5.41, 5.74) is 3.23. The van der Waals surface area contributed by atoms with Crippen LogP contribution in [0.4, 0.5) is 0 Å². The first-order chi connectivity index (χ1) is 14.3. The molecule has 1 aliphatic rings. The lowest BCUT2D eigenvalue weighted by atomic mass is 10.2. The van der Waals surface area contributed by atoms with Crippen molar-refractivity contribution in [2.75, 3.05) is 6.54 Å². The van der Waals surface area contributed by atoms with Gasteiger partial charge in [-0.1, -0.05) is 42.0 Å². The van der Waals surface area contributed by atoms with Crippen LogP contribution in [0.2, 0.25) is 0 Å². The smallest absolute Gasteiger partial charge is 0.266 e. The van der Waals surface area contributed by atoms with Crippen LogP contribution >= 0.6 is 11.3 Å². The van der Waals surface area contributed by atoms with Gasteiger partial charge in [0.15, 0.2) is 4.80 Å². The molecule has 4 rings (SSSR count). The monoisotopic (exact) mass is 443 g/mol. The van der Waals surface area contributed by atoms with Gasteiger partial charge in [-0.3, -0.25) is 4.79 Å². The topological polar surface area (TPSA) is 71.7 Å². The van der Waals surface area contributed by atoms with Crippen molar-refractivity contribution in [1.29, 1.82) is 0 Å². The van der Waals surface area contributed by atoms with Crippen LogP contribution in [-0.4, -0.2) is 35.8 Å². The van der Waals surface area contributed by atoms with Crippen LogP contribution in [-0.2, 0) is 28.3 Å².